The summed E-state index contributed by atoms with van der Waals surface area (Å²) < 4.78 is 27.5. The summed E-state index contributed by atoms with van der Waals surface area (Å²) in [6, 6.07) is 15.7. The molecule has 32 heavy (non-hydrogen) atoms. The van der Waals surface area contributed by atoms with Gasteiger partial charge in [0.2, 0.25) is 0 Å². The van der Waals surface area contributed by atoms with Gasteiger partial charge in [-0.1, -0.05) is 29.8 Å². The molecule has 0 saturated carbocycles. The fourth-order valence-electron chi connectivity index (χ4n) is 3.11. The highest BCUT2D eigenvalue weighted by Gasteiger charge is 2.15. The van der Waals surface area contributed by atoms with Gasteiger partial charge in [0.15, 0.2) is 11.5 Å². The van der Waals surface area contributed by atoms with Crippen molar-refractivity contribution in [2.24, 2.45) is 0 Å². The molecule has 0 aliphatic heterocycles. The number of H-pyrrole nitrogens is 1. The van der Waals surface area contributed by atoms with E-state index in [-0.39, 0.29) is 29.3 Å². The van der Waals surface area contributed by atoms with E-state index in [1.165, 1.54) is 41.1 Å². The highest BCUT2D eigenvalue weighted by molar-refractivity contribution is 6.37. The summed E-state index contributed by atoms with van der Waals surface area (Å²) in [7, 11) is 0. The Labute approximate surface area is 185 Å². The van der Waals surface area contributed by atoms with Crippen molar-refractivity contribution < 1.29 is 13.9 Å². The van der Waals surface area contributed by atoms with E-state index >= 15 is 0 Å². The lowest BCUT2D eigenvalue weighted by atomic mass is 10.1. The summed E-state index contributed by atoms with van der Waals surface area (Å²) in [4.78, 5) is 25.1. The van der Waals surface area contributed by atoms with Crippen LogP contribution in [0.1, 0.15) is 5.56 Å². The fourth-order valence-corrected chi connectivity index (χ4v) is 3.36. The number of ether oxygens (including phenoxy) is 2. The number of aromatic nitrogens is 2. The van der Waals surface area contributed by atoms with Crippen molar-refractivity contribution in [3.05, 3.63) is 98.0 Å². The third-order valence-electron chi connectivity index (χ3n) is 4.67. The molecule has 3 aromatic carbocycles. The van der Waals surface area contributed by atoms with Gasteiger partial charge in [0, 0.05) is 29.1 Å². The topological polar surface area (TPSA) is 97.1 Å². The van der Waals surface area contributed by atoms with Gasteiger partial charge in [-0.3, -0.25) is 14.3 Å². The predicted molar refractivity (Wildman–Crippen MR) is 117 cm³/mol. The Hall–Kier alpha value is -4.09. The van der Waals surface area contributed by atoms with Gasteiger partial charge >= 0.3 is 5.69 Å². The van der Waals surface area contributed by atoms with Crippen LogP contribution in [-0.4, -0.2) is 16.2 Å². The third kappa shape index (κ3) is 4.33. The van der Waals surface area contributed by atoms with Crippen molar-refractivity contribution in [1.82, 2.24) is 9.55 Å². The average molecular weight is 452 g/mol. The minimum Gasteiger partial charge on any atom is -0.488 e. The van der Waals surface area contributed by atoms with Gasteiger partial charge in [-0.2, -0.15) is 5.26 Å². The van der Waals surface area contributed by atoms with Gasteiger partial charge in [-0.15, -0.1) is 0 Å². The number of hydrogen-bond donors (Lipinski definition) is 1. The van der Waals surface area contributed by atoms with E-state index in [2.05, 4.69) is 4.98 Å². The Morgan fingerprint density at radius 2 is 1.81 bits per heavy atom. The zero-order chi connectivity index (χ0) is 22.7. The number of hydrogen-bond acceptors (Lipinski definition) is 5. The highest BCUT2D eigenvalue weighted by atomic mass is 35.5. The lowest BCUT2D eigenvalue weighted by Gasteiger charge is -2.15. The molecule has 0 unspecified atom stereocenters. The maximum absolute atomic E-state index is 14.6. The number of nitrogens with one attached hydrogen (secondary N) is 1. The second-order valence-corrected chi connectivity index (χ2v) is 7.12. The third-order valence-corrected chi connectivity index (χ3v) is 5.06. The van der Waals surface area contributed by atoms with E-state index in [0.717, 1.165) is 0 Å². The van der Waals surface area contributed by atoms with Crippen molar-refractivity contribution in [1.29, 1.82) is 5.26 Å². The molecule has 0 amide bonds. The molecule has 0 aliphatic rings. The molecule has 7 nitrogen and oxygen atoms in total. The van der Waals surface area contributed by atoms with E-state index in [9.17, 15) is 14.0 Å². The molecule has 160 valence electrons. The SMILES string of the molecule is N#Cc1ccc2c(F)cc(Oc3ccccc3OCCn3ccc(=O)[nH]c3=O)c(Cl)c2c1. The molecule has 0 bridgehead atoms. The first-order valence-electron chi connectivity index (χ1n) is 9.47. The molecule has 0 spiro atoms. The predicted octanol–water partition coefficient (Wildman–Crippen LogP) is 4.23. The Kier molecular flexibility index (Phi) is 5.92. The molecule has 1 N–H and O–H groups in total. The molecule has 0 atom stereocenters. The van der Waals surface area contributed by atoms with Crippen molar-refractivity contribution in [2.45, 2.75) is 6.54 Å². The number of nitrogens with zero attached hydrogens (tertiary/aromatic N) is 2. The minimum absolute atomic E-state index is 0.0691. The van der Waals surface area contributed by atoms with Crippen LogP contribution in [0.15, 0.2) is 70.4 Å². The van der Waals surface area contributed by atoms with E-state index < -0.39 is 17.1 Å². The standard InChI is InChI=1S/C23H15ClFN3O4/c24-22-16-11-14(13-26)5-6-15(16)17(25)12-20(22)32-19-4-2-1-3-18(19)31-10-9-28-8-7-21(29)27-23(28)30/h1-8,11-12H,9-10H2,(H,27,29,30). The lowest BCUT2D eigenvalue weighted by Crippen LogP contribution is -2.30. The number of para-hydroxylation sites is 2. The minimum atomic E-state index is -0.542. The average Bonchev–Trinajstić information content (AvgIpc) is 2.79. The van der Waals surface area contributed by atoms with Crippen molar-refractivity contribution in [3.63, 3.8) is 0 Å². The van der Waals surface area contributed by atoms with Crippen LogP contribution in [0.5, 0.6) is 17.2 Å². The van der Waals surface area contributed by atoms with Crippen LogP contribution >= 0.6 is 11.6 Å². The molecule has 4 rings (SSSR count). The first kappa shape index (κ1) is 21.2. The normalized spacial score (nSPS) is 10.7. The van der Waals surface area contributed by atoms with Crippen LogP contribution < -0.4 is 20.7 Å². The molecule has 1 aromatic heterocycles. The zero-order valence-electron chi connectivity index (χ0n) is 16.5. The summed E-state index contributed by atoms with van der Waals surface area (Å²) in [5.41, 5.74) is -0.676. The zero-order valence-corrected chi connectivity index (χ0v) is 17.2. The Morgan fingerprint density at radius 3 is 2.56 bits per heavy atom. The van der Waals surface area contributed by atoms with Crippen LogP contribution in [0.3, 0.4) is 0 Å². The summed E-state index contributed by atoms with van der Waals surface area (Å²) >= 11 is 6.45. The number of nitriles is 1. The van der Waals surface area contributed by atoms with Crippen LogP contribution in [0, 0.1) is 17.1 Å². The molecule has 0 aliphatic carbocycles. The van der Waals surface area contributed by atoms with Crippen LogP contribution in [0.25, 0.3) is 10.8 Å². The molecule has 1 heterocycles. The largest absolute Gasteiger partial charge is 0.488 e. The lowest BCUT2D eigenvalue weighted by molar-refractivity contribution is 0.283. The molecular weight excluding hydrogens is 437 g/mol. The number of benzene rings is 3. The monoisotopic (exact) mass is 451 g/mol. The van der Waals surface area contributed by atoms with Crippen molar-refractivity contribution in [2.75, 3.05) is 6.61 Å². The second-order valence-electron chi connectivity index (χ2n) is 6.74. The van der Waals surface area contributed by atoms with Crippen molar-refractivity contribution in [3.8, 4) is 23.3 Å². The molecule has 4 aromatic rings. The fraction of sp³-hybridized carbons (Fsp3) is 0.0870. The summed E-state index contributed by atoms with van der Waals surface area (Å²) in [5, 5.41) is 9.91. The maximum atomic E-state index is 14.6. The van der Waals surface area contributed by atoms with Gasteiger partial charge in [0.1, 0.15) is 18.2 Å². The molecule has 9 heteroatoms. The van der Waals surface area contributed by atoms with Gasteiger partial charge in [-0.25, -0.2) is 9.18 Å². The highest BCUT2D eigenvalue weighted by Crippen LogP contribution is 2.40. The first-order valence-corrected chi connectivity index (χ1v) is 9.85. The quantitative estimate of drug-likeness (QED) is 0.473. The summed E-state index contributed by atoms with van der Waals surface area (Å²) in [6.07, 6.45) is 1.38. The number of fused-ring (bicyclic) bond motifs is 1. The van der Waals surface area contributed by atoms with E-state index in [4.69, 9.17) is 26.3 Å². The van der Waals surface area contributed by atoms with E-state index in [0.29, 0.717) is 22.4 Å². The number of rotatable bonds is 6. The first-order chi connectivity index (χ1) is 15.5. The van der Waals surface area contributed by atoms with Crippen molar-refractivity contribution >= 4 is 22.4 Å². The molecule has 0 fully saturated rings. The maximum Gasteiger partial charge on any atom is 0.328 e. The van der Waals surface area contributed by atoms with Gasteiger partial charge in [0.25, 0.3) is 5.56 Å². The Balaban J connectivity index is 1.58. The summed E-state index contributed by atoms with van der Waals surface area (Å²) in [5.74, 6) is 0.171. The Bertz CT molecular complexity index is 1470. The van der Waals surface area contributed by atoms with E-state index in [1.807, 2.05) is 6.07 Å². The van der Waals surface area contributed by atoms with Crippen LogP contribution in [0.4, 0.5) is 4.39 Å². The van der Waals surface area contributed by atoms with Gasteiger partial charge in [-0.05, 0) is 24.3 Å². The van der Waals surface area contributed by atoms with E-state index in [1.54, 1.807) is 24.3 Å². The molecular formula is C23H15ClFN3O4. The number of halogens is 2. The van der Waals surface area contributed by atoms with Crippen LogP contribution in [0.2, 0.25) is 5.02 Å². The number of aromatic amines is 1. The molecule has 0 saturated heterocycles. The van der Waals surface area contributed by atoms with Gasteiger partial charge in [0.05, 0.1) is 23.2 Å². The smallest absolute Gasteiger partial charge is 0.328 e. The Morgan fingerprint density at radius 1 is 1.03 bits per heavy atom. The molecule has 0 radical (unpaired) electrons. The summed E-state index contributed by atoms with van der Waals surface area (Å²) in [6.45, 7) is 0.296. The van der Waals surface area contributed by atoms with Gasteiger partial charge < -0.3 is 9.47 Å². The second kappa shape index (κ2) is 8.96. The van der Waals surface area contributed by atoms with Crippen LogP contribution in [-0.2, 0) is 6.54 Å².